The summed E-state index contributed by atoms with van der Waals surface area (Å²) < 4.78 is 20.6. The lowest BCUT2D eigenvalue weighted by molar-refractivity contribution is -0.115. The Kier molecular flexibility index (Phi) is 5.85. The summed E-state index contributed by atoms with van der Waals surface area (Å²) in [6.45, 7) is 1.96. The summed E-state index contributed by atoms with van der Waals surface area (Å²) >= 11 is 0. The SMILES string of the molecule is COc1ccc(NC(=O)Cc2cn3cccc(C)c3n2)cc1NC(=O)c1cccc(F)c1. The van der Waals surface area contributed by atoms with Gasteiger partial charge < -0.3 is 19.8 Å². The number of benzene rings is 2. The van der Waals surface area contributed by atoms with Crippen molar-refractivity contribution < 1.29 is 18.7 Å². The van der Waals surface area contributed by atoms with Gasteiger partial charge in [0, 0.05) is 23.6 Å². The first-order valence-corrected chi connectivity index (χ1v) is 9.91. The molecule has 2 amide bonds. The molecule has 4 aromatic rings. The predicted molar refractivity (Wildman–Crippen MR) is 120 cm³/mol. The molecule has 32 heavy (non-hydrogen) atoms. The standard InChI is InChI=1S/C24H21FN4O3/c1-15-5-4-10-29-14-19(27-23(15)29)13-22(30)26-18-8-9-21(32-2)20(12-18)28-24(31)16-6-3-7-17(25)11-16/h3-12,14H,13H2,1-2H3,(H,26,30)(H,28,31). The Labute approximate surface area is 183 Å². The van der Waals surface area contributed by atoms with Crippen molar-refractivity contribution in [2.75, 3.05) is 17.7 Å². The molecule has 2 N–H and O–H groups in total. The van der Waals surface area contributed by atoms with Gasteiger partial charge in [-0.15, -0.1) is 0 Å². The van der Waals surface area contributed by atoms with Crippen LogP contribution in [0.15, 0.2) is 67.0 Å². The van der Waals surface area contributed by atoms with Crippen LogP contribution in [0.1, 0.15) is 21.6 Å². The van der Waals surface area contributed by atoms with E-state index in [2.05, 4.69) is 15.6 Å². The second-order valence-corrected chi connectivity index (χ2v) is 7.26. The highest BCUT2D eigenvalue weighted by Gasteiger charge is 2.14. The summed E-state index contributed by atoms with van der Waals surface area (Å²) in [4.78, 5) is 29.6. The van der Waals surface area contributed by atoms with E-state index in [4.69, 9.17) is 4.74 Å². The minimum atomic E-state index is -0.507. The van der Waals surface area contributed by atoms with Crippen molar-refractivity contribution >= 4 is 28.8 Å². The first kappa shape index (κ1) is 21.0. The van der Waals surface area contributed by atoms with Gasteiger partial charge in [0.1, 0.15) is 17.2 Å². The van der Waals surface area contributed by atoms with Crippen LogP contribution in [-0.4, -0.2) is 28.3 Å². The van der Waals surface area contributed by atoms with Crippen LogP contribution in [0.25, 0.3) is 5.65 Å². The quantitative estimate of drug-likeness (QED) is 0.478. The number of aryl methyl sites for hydroxylation is 1. The van der Waals surface area contributed by atoms with Crippen LogP contribution in [0.4, 0.5) is 15.8 Å². The van der Waals surface area contributed by atoms with E-state index in [9.17, 15) is 14.0 Å². The molecule has 2 aromatic carbocycles. The van der Waals surface area contributed by atoms with Gasteiger partial charge in [-0.2, -0.15) is 0 Å². The van der Waals surface area contributed by atoms with Crippen LogP contribution >= 0.6 is 0 Å². The first-order valence-electron chi connectivity index (χ1n) is 9.91. The number of imidazole rings is 1. The number of methoxy groups -OCH3 is 1. The highest BCUT2D eigenvalue weighted by atomic mass is 19.1. The van der Waals surface area contributed by atoms with Crippen LogP contribution in [0.5, 0.6) is 5.75 Å². The van der Waals surface area contributed by atoms with E-state index in [0.29, 0.717) is 22.8 Å². The van der Waals surface area contributed by atoms with E-state index in [-0.39, 0.29) is 17.9 Å². The molecule has 0 aliphatic rings. The third kappa shape index (κ3) is 4.59. The number of halogens is 1. The number of nitrogens with zero attached hydrogens (tertiary/aromatic N) is 2. The molecule has 8 heteroatoms. The van der Waals surface area contributed by atoms with E-state index in [1.165, 1.54) is 25.3 Å². The maximum Gasteiger partial charge on any atom is 0.255 e. The number of anilines is 2. The van der Waals surface area contributed by atoms with Crippen LogP contribution in [0.2, 0.25) is 0 Å². The smallest absolute Gasteiger partial charge is 0.255 e. The fourth-order valence-corrected chi connectivity index (χ4v) is 3.37. The van der Waals surface area contributed by atoms with Gasteiger partial charge in [0.05, 0.1) is 24.9 Å². The molecule has 0 bridgehead atoms. The summed E-state index contributed by atoms with van der Waals surface area (Å²) in [5.74, 6) is -0.846. The number of pyridine rings is 1. The molecular weight excluding hydrogens is 411 g/mol. The van der Waals surface area contributed by atoms with E-state index in [0.717, 1.165) is 17.3 Å². The van der Waals surface area contributed by atoms with Gasteiger partial charge >= 0.3 is 0 Å². The van der Waals surface area contributed by atoms with Crippen LogP contribution in [-0.2, 0) is 11.2 Å². The topological polar surface area (TPSA) is 84.7 Å². The molecule has 4 rings (SSSR count). The van der Waals surface area contributed by atoms with Gasteiger partial charge in [0.2, 0.25) is 5.91 Å². The average molecular weight is 432 g/mol. The van der Waals surface area contributed by atoms with Crippen LogP contribution in [0.3, 0.4) is 0 Å². The molecule has 0 atom stereocenters. The number of ether oxygens (including phenoxy) is 1. The fourth-order valence-electron chi connectivity index (χ4n) is 3.37. The Balaban J connectivity index is 1.49. The van der Waals surface area contributed by atoms with E-state index < -0.39 is 11.7 Å². The lowest BCUT2D eigenvalue weighted by atomic mass is 10.2. The Bertz CT molecular complexity index is 1320. The van der Waals surface area contributed by atoms with Crippen molar-refractivity contribution in [1.29, 1.82) is 0 Å². The number of carbonyl (C=O) groups is 2. The van der Waals surface area contributed by atoms with Crippen LogP contribution < -0.4 is 15.4 Å². The lowest BCUT2D eigenvalue weighted by Gasteiger charge is -2.13. The summed E-state index contributed by atoms with van der Waals surface area (Å²) in [7, 11) is 1.47. The Morgan fingerprint density at radius 3 is 2.69 bits per heavy atom. The largest absolute Gasteiger partial charge is 0.495 e. The lowest BCUT2D eigenvalue weighted by Crippen LogP contribution is -2.16. The summed E-state index contributed by atoms with van der Waals surface area (Å²) in [5, 5.41) is 5.50. The molecule has 0 aliphatic carbocycles. The van der Waals surface area contributed by atoms with E-state index >= 15 is 0 Å². The van der Waals surface area contributed by atoms with Gasteiger partial charge in [-0.3, -0.25) is 9.59 Å². The molecule has 0 radical (unpaired) electrons. The molecule has 2 heterocycles. The Morgan fingerprint density at radius 2 is 1.94 bits per heavy atom. The molecule has 162 valence electrons. The highest BCUT2D eigenvalue weighted by molar-refractivity contribution is 6.05. The van der Waals surface area contributed by atoms with Gasteiger partial charge in [-0.05, 0) is 55.0 Å². The monoisotopic (exact) mass is 432 g/mol. The second kappa shape index (κ2) is 8.89. The molecule has 0 saturated carbocycles. The summed E-state index contributed by atoms with van der Waals surface area (Å²) in [5.41, 5.74) is 3.47. The van der Waals surface area contributed by atoms with Gasteiger partial charge in [0.15, 0.2) is 0 Å². The molecule has 0 saturated heterocycles. The average Bonchev–Trinajstić information content (AvgIpc) is 3.17. The van der Waals surface area contributed by atoms with Crippen molar-refractivity contribution in [2.24, 2.45) is 0 Å². The normalized spacial score (nSPS) is 10.7. The van der Waals surface area contributed by atoms with Gasteiger partial charge in [-0.1, -0.05) is 12.1 Å². The molecule has 0 aliphatic heterocycles. The number of rotatable bonds is 6. The Morgan fingerprint density at radius 1 is 1.09 bits per heavy atom. The molecular formula is C24H21FN4O3. The molecule has 0 spiro atoms. The van der Waals surface area contributed by atoms with Crippen molar-refractivity contribution in [3.8, 4) is 5.75 Å². The van der Waals surface area contributed by atoms with Gasteiger partial charge in [-0.25, -0.2) is 9.37 Å². The summed E-state index contributed by atoms with van der Waals surface area (Å²) in [6, 6.07) is 14.1. The van der Waals surface area contributed by atoms with Crippen LogP contribution in [0, 0.1) is 12.7 Å². The second-order valence-electron chi connectivity index (χ2n) is 7.26. The molecule has 2 aromatic heterocycles. The zero-order chi connectivity index (χ0) is 22.7. The number of hydrogen-bond donors (Lipinski definition) is 2. The molecule has 0 fully saturated rings. The fraction of sp³-hybridized carbons (Fsp3) is 0.125. The maximum absolute atomic E-state index is 13.4. The zero-order valence-corrected chi connectivity index (χ0v) is 17.6. The molecule has 7 nitrogen and oxygen atoms in total. The third-order valence-corrected chi connectivity index (χ3v) is 4.89. The minimum absolute atomic E-state index is 0.0954. The van der Waals surface area contributed by atoms with Crippen molar-refractivity contribution in [1.82, 2.24) is 9.38 Å². The minimum Gasteiger partial charge on any atom is -0.495 e. The number of nitrogens with one attached hydrogen (secondary N) is 2. The molecule has 0 unspecified atom stereocenters. The number of aromatic nitrogens is 2. The van der Waals surface area contributed by atoms with E-state index in [1.54, 1.807) is 18.2 Å². The number of amides is 2. The number of fused-ring (bicyclic) bond motifs is 1. The summed E-state index contributed by atoms with van der Waals surface area (Å²) in [6.07, 6.45) is 3.80. The third-order valence-electron chi connectivity index (χ3n) is 4.89. The van der Waals surface area contributed by atoms with Gasteiger partial charge in [0.25, 0.3) is 5.91 Å². The number of hydrogen-bond acceptors (Lipinski definition) is 4. The zero-order valence-electron chi connectivity index (χ0n) is 17.6. The maximum atomic E-state index is 13.4. The van der Waals surface area contributed by atoms with Crippen molar-refractivity contribution in [2.45, 2.75) is 13.3 Å². The number of carbonyl (C=O) groups excluding carboxylic acids is 2. The van der Waals surface area contributed by atoms with Crippen molar-refractivity contribution in [3.63, 3.8) is 0 Å². The highest BCUT2D eigenvalue weighted by Crippen LogP contribution is 2.28. The predicted octanol–water partition coefficient (Wildman–Crippen LogP) is 4.22. The van der Waals surface area contributed by atoms with E-state index in [1.807, 2.05) is 35.9 Å². The Hall–Kier alpha value is -4.20. The first-order chi connectivity index (χ1) is 15.4. The van der Waals surface area contributed by atoms with Crippen molar-refractivity contribution in [3.05, 3.63) is 89.6 Å².